The molecular formula is C11H13FN2O4. The molecule has 98 valence electrons. The van der Waals surface area contributed by atoms with Crippen LogP contribution in [0.5, 0.6) is 0 Å². The number of carboxylic acids is 1. The number of nitro benzene ring substituents is 1. The van der Waals surface area contributed by atoms with Crippen molar-refractivity contribution in [1.82, 2.24) is 0 Å². The summed E-state index contributed by atoms with van der Waals surface area (Å²) in [5.74, 6) is -1.83. The molecule has 0 amide bonds. The van der Waals surface area contributed by atoms with Gasteiger partial charge in [0.2, 0.25) is 0 Å². The number of benzene rings is 1. The van der Waals surface area contributed by atoms with E-state index in [0.29, 0.717) is 0 Å². The van der Waals surface area contributed by atoms with Crippen LogP contribution in [-0.2, 0) is 4.79 Å². The van der Waals surface area contributed by atoms with E-state index in [0.717, 1.165) is 23.1 Å². The van der Waals surface area contributed by atoms with Gasteiger partial charge in [-0.15, -0.1) is 0 Å². The lowest BCUT2D eigenvalue weighted by Gasteiger charge is -2.33. The lowest BCUT2D eigenvalue weighted by atomic mass is 10.0. The van der Waals surface area contributed by atoms with Crippen LogP contribution in [0.3, 0.4) is 0 Å². The van der Waals surface area contributed by atoms with E-state index in [1.165, 1.54) is 20.9 Å². The molecule has 1 N–H and O–H groups in total. The van der Waals surface area contributed by atoms with Crippen LogP contribution in [0.2, 0.25) is 0 Å². The lowest BCUT2D eigenvalue weighted by molar-refractivity contribution is -0.384. The predicted molar refractivity (Wildman–Crippen MR) is 63.2 cm³/mol. The molecule has 0 aliphatic carbocycles. The van der Waals surface area contributed by atoms with E-state index in [1.54, 1.807) is 0 Å². The minimum absolute atomic E-state index is 0.0765. The van der Waals surface area contributed by atoms with Gasteiger partial charge >= 0.3 is 5.97 Å². The molecule has 0 saturated carbocycles. The van der Waals surface area contributed by atoms with E-state index >= 15 is 0 Å². The van der Waals surface area contributed by atoms with Crippen molar-refractivity contribution in [3.8, 4) is 0 Å². The zero-order chi connectivity index (χ0) is 14.1. The fraction of sp³-hybridized carbons (Fsp3) is 0.364. The topological polar surface area (TPSA) is 83.7 Å². The third-order valence-corrected chi connectivity index (χ3v) is 2.86. The molecule has 0 fully saturated rings. The van der Waals surface area contributed by atoms with Crippen molar-refractivity contribution in [3.05, 3.63) is 34.1 Å². The fourth-order valence-electron chi connectivity index (χ4n) is 1.36. The van der Waals surface area contributed by atoms with Crippen LogP contribution in [0.1, 0.15) is 13.8 Å². The summed E-state index contributed by atoms with van der Waals surface area (Å²) in [7, 11) is 1.37. The van der Waals surface area contributed by atoms with E-state index in [4.69, 9.17) is 5.11 Å². The summed E-state index contributed by atoms with van der Waals surface area (Å²) in [5, 5.41) is 19.9. The van der Waals surface area contributed by atoms with Gasteiger partial charge in [-0.05, 0) is 19.9 Å². The zero-order valence-electron chi connectivity index (χ0n) is 10.2. The maximum Gasteiger partial charge on any atom is 0.328 e. The quantitative estimate of drug-likeness (QED) is 0.658. The summed E-state index contributed by atoms with van der Waals surface area (Å²) >= 11 is 0. The number of nitro groups is 1. The molecule has 1 rings (SSSR count). The Hall–Kier alpha value is -2.18. The second-order valence-electron chi connectivity index (χ2n) is 4.31. The van der Waals surface area contributed by atoms with Gasteiger partial charge in [-0.2, -0.15) is 0 Å². The average molecular weight is 256 g/mol. The summed E-state index contributed by atoms with van der Waals surface area (Å²) in [6, 6.07) is 2.92. The van der Waals surface area contributed by atoms with Gasteiger partial charge in [0.15, 0.2) is 0 Å². The normalized spacial score (nSPS) is 11.1. The van der Waals surface area contributed by atoms with E-state index < -0.39 is 22.2 Å². The van der Waals surface area contributed by atoms with Crippen LogP contribution >= 0.6 is 0 Å². The number of carbonyl (C=O) groups is 1. The highest BCUT2D eigenvalue weighted by Crippen LogP contribution is 2.32. The monoisotopic (exact) mass is 256 g/mol. The Bertz CT molecular complexity index is 502. The fourth-order valence-corrected chi connectivity index (χ4v) is 1.36. The highest BCUT2D eigenvalue weighted by molar-refractivity contribution is 5.83. The van der Waals surface area contributed by atoms with E-state index in [-0.39, 0.29) is 11.4 Å². The van der Waals surface area contributed by atoms with Crippen molar-refractivity contribution in [3.63, 3.8) is 0 Å². The highest BCUT2D eigenvalue weighted by Gasteiger charge is 2.35. The van der Waals surface area contributed by atoms with E-state index in [1.807, 2.05) is 0 Å². The molecule has 0 atom stereocenters. The largest absolute Gasteiger partial charge is 0.480 e. The van der Waals surface area contributed by atoms with Gasteiger partial charge in [-0.1, -0.05) is 0 Å². The van der Waals surface area contributed by atoms with Gasteiger partial charge in [0.1, 0.15) is 17.0 Å². The van der Waals surface area contributed by atoms with E-state index in [2.05, 4.69) is 0 Å². The summed E-state index contributed by atoms with van der Waals surface area (Å²) in [5.41, 5.74) is -1.81. The summed E-state index contributed by atoms with van der Waals surface area (Å²) < 4.78 is 13.2. The average Bonchev–Trinajstić information content (AvgIpc) is 2.27. The molecule has 0 aromatic heterocycles. The van der Waals surface area contributed by atoms with Crippen molar-refractivity contribution in [2.45, 2.75) is 19.4 Å². The zero-order valence-corrected chi connectivity index (χ0v) is 10.2. The molecule has 0 saturated heterocycles. The Morgan fingerprint density at radius 2 is 2.06 bits per heavy atom. The first-order valence-corrected chi connectivity index (χ1v) is 5.09. The SMILES string of the molecule is CN(c1cc(F)ccc1[N+](=O)[O-])C(C)(C)C(=O)O. The number of anilines is 1. The molecule has 1 aromatic carbocycles. The first-order valence-electron chi connectivity index (χ1n) is 5.09. The number of rotatable bonds is 4. The van der Waals surface area contributed by atoms with Gasteiger partial charge in [-0.3, -0.25) is 10.1 Å². The Balaban J connectivity index is 3.36. The molecule has 0 aliphatic rings. The van der Waals surface area contributed by atoms with Gasteiger partial charge in [0.05, 0.1) is 4.92 Å². The van der Waals surface area contributed by atoms with Crippen molar-refractivity contribution >= 4 is 17.3 Å². The maximum absolute atomic E-state index is 13.2. The highest BCUT2D eigenvalue weighted by atomic mass is 19.1. The van der Waals surface area contributed by atoms with Crippen LogP contribution < -0.4 is 4.90 Å². The Morgan fingerprint density at radius 1 is 1.50 bits per heavy atom. The smallest absolute Gasteiger partial charge is 0.328 e. The van der Waals surface area contributed by atoms with Gasteiger partial charge in [0.25, 0.3) is 5.69 Å². The Kier molecular flexibility index (Phi) is 3.54. The predicted octanol–water partition coefficient (Wildman–Crippen LogP) is 2.03. The molecule has 0 unspecified atom stereocenters. The molecule has 1 aromatic rings. The van der Waals surface area contributed by atoms with Crippen molar-refractivity contribution in [2.24, 2.45) is 0 Å². The molecule has 6 nitrogen and oxygen atoms in total. The van der Waals surface area contributed by atoms with Crippen LogP contribution in [0.4, 0.5) is 15.8 Å². The van der Waals surface area contributed by atoms with Crippen LogP contribution in [-0.4, -0.2) is 28.6 Å². The minimum Gasteiger partial charge on any atom is -0.480 e. The second kappa shape index (κ2) is 4.59. The summed E-state index contributed by atoms with van der Waals surface area (Å²) in [6.07, 6.45) is 0. The van der Waals surface area contributed by atoms with Crippen LogP contribution in [0.25, 0.3) is 0 Å². The van der Waals surface area contributed by atoms with Gasteiger partial charge < -0.3 is 10.0 Å². The number of carboxylic acid groups (broad SMARTS) is 1. The van der Waals surface area contributed by atoms with Crippen molar-refractivity contribution in [1.29, 1.82) is 0 Å². The number of hydrogen-bond acceptors (Lipinski definition) is 4. The molecule has 7 heteroatoms. The standard InChI is InChI=1S/C11H13FN2O4/c1-11(2,10(15)16)13(3)9-6-7(12)4-5-8(9)14(17)18/h4-6H,1-3H3,(H,15,16). The number of likely N-dealkylation sites (N-methyl/N-ethyl adjacent to an activating group) is 1. The van der Waals surface area contributed by atoms with Gasteiger partial charge in [0, 0.05) is 19.2 Å². The molecule has 0 radical (unpaired) electrons. The number of aliphatic carboxylic acids is 1. The van der Waals surface area contributed by atoms with Crippen molar-refractivity contribution < 1.29 is 19.2 Å². The third-order valence-electron chi connectivity index (χ3n) is 2.86. The van der Waals surface area contributed by atoms with Crippen LogP contribution in [0, 0.1) is 15.9 Å². The summed E-state index contributed by atoms with van der Waals surface area (Å²) in [4.78, 5) is 22.4. The summed E-state index contributed by atoms with van der Waals surface area (Å²) in [6.45, 7) is 2.76. The molecule has 0 heterocycles. The Labute approximate surface area is 103 Å². The molecule has 0 aliphatic heterocycles. The lowest BCUT2D eigenvalue weighted by Crippen LogP contribution is -2.48. The molecule has 0 bridgehead atoms. The molecule has 18 heavy (non-hydrogen) atoms. The van der Waals surface area contributed by atoms with Crippen molar-refractivity contribution in [2.75, 3.05) is 11.9 Å². The maximum atomic E-state index is 13.2. The molecular weight excluding hydrogens is 243 g/mol. The Morgan fingerprint density at radius 3 is 2.50 bits per heavy atom. The number of hydrogen-bond donors (Lipinski definition) is 1. The molecule has 0 spiro atoms. The van der Waals surface area contributed by atoms with Crippen LogP contribution in [0.15, 0.2) is 18.2 Å². The number of nitrogens with zero attached hydrogens (tertiary/aromatic N) is 2. The van der Waals surface area contributed by atoms with E-state index in [9.17, 15) is 19.3 Å². The minimum atomic E-state index is -1.39. The first-order chi connectivity index (χ1) is 8.17. The third kappa shape index (κ3) is 2.39. The first kappa shape index (κ1) is 13.9. The second-order valence-corrected chi connectivity index (χ2v) is 4.31. The van der Waals surface area contributed by atoms with Gasteiger partial charge in [-0.25, -0.2) is 9.18 Å². The number of halogens is 1.